The molecule has 0 spiro atoms. The maximum absolute atomic E-state index is 13.4. The summed E-state index contributed by atoms with van der Waals surface area (Å²) in [5, 5.41) is 0. The Bertz CT molecular complexity index is 560. The molecule has 19 heavy (non-hydrogen) atoms. The lowest BCUT2D eigenvalue weighted by atomic mass is 10.2. The van der Waals surface area contributed by atoms with Crippen molar-refractivity contribution in [1.82, 2.24) is 14.9 Å². The number of rotatable bonds is 4. The molecule has 0 aliphatic rings. The van der Waals surface area contributed by atoms with Crippen molar-refractivity contribution in [2.75, 3.05) is 13.6 Å². The van der Waals surface area contributed by atoms with Crippen LogP contribution in [0.2, 0.25) is 0 Å². The summed E-state index contributed by atoms with van der Waals surface area (Å²) in [6, 6.07) is 6.77. The van der Waals surface area contributed by atoms with Crippen molar-refractivity contribution in [1.29, 1.82) is 0 Å². The SMILES string of the molecule is CN(CCc1ccncc1)C(=O)c1cccnc1F. The Morgan fingerprint density at radius 3 is 2.68 bits per heavy atom. The molecule has 0 unspecified atom stereocenters. The molecule has 0 aromatic carbocycles. The van der Waals surface area contributed by atoms with Crippen LogP contribution in [-0.4, -0.2) is 34.4 Å². The van der Waals surface area contributed by atoms with Gasteiger partial charge in [-0.2, -0.15) is 4.39 Å². The van der Waals surface area contributed by atoms with Crippen LogP contribution in [0.25, 0.3) is 0 Å². The summed E-state index contributed by atoms with van der Waals surface area (Å²) in [4.78, 5) is 20.9. The Hall–Kier alpha value is -2.30. The molecule has 0 fully saturated rings. The average Bonchev–Trinajstić information content (AvgIpc) is 2.45. The Balaban J connectivity index is 1.99. The minimum Gasteiger partial charge on any atom is -0.341 e. The molecule has 4 nitrogen and oxygen atoms in total. The van der Waals surface area contributed by atoms with Crippen LogP contribution in [-0.2, 0) is 6.42 Å². The molecule has 0 radical (unpaired) electrons. The Morgan fingerprint density at radius 1 is 1.26 bits per heavy atom. The quantitative estimate of drug-likeness (QED) is 0.788. The predicted molar refractivity (Wildman–Crippen MR) is 69.1 cm³/mol. The molecule has 0 aliphatic carbocycles. The molecule has 2 aromatic rings. The zero-order valence-corrected chi connectivity index (χ0v) is 10.6. The van der Waals surface area contributed by atoms with E-state index in [-0.39, 0.29) is 11.5 Å². The number of amides is 1. The largest absolute Gasteiger partial charge is 0.341 e. The van der Waals surface area contributed by atoms with Crippen molar-refractivity contribution in [3.05, 3.63) is 59.9 Å². The van der Waals surface area contributed by atoms with E-state index < -0.39 is 5.95 Å². The van der Waals surface area contributed by atoms with Crippen LogP contribution in [0.15, 0.2) is 42.9 Å². The first-order valence-corrected chi connectivity index (χ1v) is 5.93. The van der Waals surface area contributed by atoms with Crippen LogP contribution in [0.4, 0.5) is 4.39 Å². The third-order valence-electron chi connectivity index (χ3n) is 2.82. The van der Waals surface area contributed by atoms with Gasteiger partial charge in [-0.1, -0.05) is 0 Å². The molecule has 2 heterocycles. The van der Waals surface area contributed by atoms with Crippen molar-refractivity contribution in [3.63, 3.8) is 0 Å². The minimum atomic E-state index is -0.733. The van der Waals surface area contributed by atoms with E-state index >= 15 is 0 Å². The van der Waals surface area contributed by atoms with E-state index in [9.17, 15) is 9.18 Å². The second kappa shape index (κ2) is 6.04. The molecule has 5 heteroatoms. The number of aromatic nitrogens is 2. The smallest absolute Gasteiger partial charge is 0.258 e. The molecule has 0 N–H and O–H groups in total. The lowest BCUT2D eigenvalue weighted by Crippen LogP contribution is -2.29. The van der Waals surface area contributed by atoms with Crippen molar-refractivity contribution in [2.45, 2.75) is 6.42 Å². The summed E-state index contributed by atoms with van der Waals surface area (Å²) >= 11 is 0. The summed E-state index contributed by atoms with van der Waals surface area (Å²) in [6.45, 7) is 0.511. The van der Waals surface area contributed by atoms with Gasteiger partial charge in [-0.05, 0) is 36.2 Å². The van der Waals surface area contributed by atoms with E-state index in [2.05, 4.69) is 9.97 Å². The number of nitrogens with zero attached hydrogens (tertiary/aromatic N) is 3. The van der Waals surface area contributed by atoms with Gasteiger partial charge >= 0.3 is 0 Å². The maximum atomic E-state index is 13.4. The van der Waals surface area contributed by atoms with Gasteiger partial charge in [0.15, 0.2) is 0 Å². The number of hydrogen-bond donors (Lipinski definition) is 0. The number of halogens is 1. The van der Waals surface area contributed by atoms with Gasteiger partial charge in [-0.3, -0.25) is 9.78 Å². The van der Waals surface area contributed by atoms with Crippen LogP contribution in [0.1, 0.15) is 15.9 Å². The molecular formula is C14H14FN3O. The van der Waals surface area contributed by atoms with Gasteiger partial charge < -0.3 is 4.90 Å². The molecule has 0 saturated heterocycles. The Kier molecular flexibility index (Phi) is 4.18. The molecule has 98 valence electrons. The van der Waals surface area contributed by atoms with Gasteiger partial charge in [0.25, 0.3) is 5.91 Å². The lowest BCUT2D eigenvalue weighted by molar-refractivity contribution is 0.0791. The number of hydrogen-bond acceptors (Lipinski definition) is 3. The molecule has 0 aliphatic heterocycles. The van der Waals surface area contributed by atoms with Crippen LogP contribution in [0.3, 0.4) is 0 Å². The highest BCUT2D eigenvalue weighted by Crippen LogP contribution is 2.07. The van der Waals surface area contributed by atoms with E-state index in [4.69, 9.17) is 0 Å². The molecule has 2 rings (SSSR count). The molecule has 2 aromatic heterocycles. The van der Waals surface area contributed by atoms with E-state index in [1.165, 1.54) is 17.2 Å². The first kappa shape index (κ1) is 13.1. The second-order valence-corrected chi connectivity index (χ2v) is 4.17. The van der Waals surface area contributed by atoms with Gasteiger partial charge in [-0.25, -0.2) is 4.98 Å². The van der Waals surface area contributed by atoms with Crippen LogP contribution in [0, 0.1) is 5.95 Å². The topological polar surface area (TPSA) is 46.1 Å². The van der Waals surface area contributed by atoms with Crippen molar-refractivity contribution >= 4 is 5.91 Å². The molecular weight excluding hydrogens is 245 g/mol. The highest BCUT2D eigenvalue weighted by atomic mass is 19.1. The normalized spacial score (nSPS) is 10.2. The maximum Gasteiger partial charge on any atom is 0.258 e. The van der Waals surface area contributed by atoms with Gasteiger partial charge in [0.05, 0.1) is 5.56 Å². The van der Waals surface area contributed by atoms with E-state index in [0.29, 0.717) is 13.0 Å². The third kappa shape index (κ3) is 3.34. The fourth-order valence-corrected chi connectivity index (χ4v) is 1.70. The molecule has 0 atom stereocenters. The second-order valence-electron chi connectivity index (χ2n) is 4.17. The Morgan fingerprint density at radius 2 is 2.00 bits per heavy atom. The van der Waals surface area contributed by atoms with E-state index in [1.807, 2.05) is 12.1 Å². The fraction of sp³-hybridized carbons (Fsp3) is 0.214. The van der Waals surface area contributed by atoms with Crippen molar-refractivity contribution < 1.29 is 9.18 Å². The summed E-state index contributed by atoms with van der Waals surface area (Å²) in [6.07, 6.45) is 5.44. The number of carbonyl (C=O) groups excluding carboxylic acids is 1. The Labute approximate surface area is 110 Å². The molecule has 0 saturated carbocycles. The summed E-state index contributed by atoms with van der Waals surface area (Å²) in [5.41, 5.74) is 1.08. The van der Waals surface area contributed by atoms with Gasteiger partial charge in [0, 0.05) is 32.2 Å². The highest BCUT2D eigenvalue weighted by molar-refractivity contribution is 5.93. The minimum absolute atomic E-state index is 0.000252. The van der Waals surface area contributed by atoms with Crippen LogP contribution < -0.4 is 0 Å². The van der Waals surface area contributed by atoms with E-state index in [1.54, 1.807) is 25.5 Å². The average molecular weight is 259 g/mol. The third-order valence-corrected chi connectivity index (χ3v) is 2.82. The zero-order valence-electron chi connectivity index (χ0n) is 10.6. The summed E-state index contributed by atoms with van der Waals surface area (Å²) in [5.74, 6) is -1.09. The summed E-state index contributed by atoms with van der Waals surface area (Å²) in [7, 11) is 1.65. The first-order valence-electron chi connectivity index (χ1n) is 5.93. The van der Waals surface area contributed by atoms with Gasteiger partial charge in [0.2, 0.25) is 5.95 Å². The van der Waals surface area contributed by atoms with Gasteiger partial charge in [-0.15, -0.1) is 0 Å². The zero-order chi connectivity index (χ0) is 13.7. The fourth-order valence-electron chi connectivity index (χ4n) is 1.70. The monoisotopic (exact) mass is 259 g/mol. The number of carbonyl (C=O) groups is 1. The van der Waals surface area contributed by atoms with Crippen molar-refractivity contribution in [3.8, 4) is 0 Å². The standard InChI is InChI=1S/C14H14FN3O/c1-18(10-6-11-4-8-16-9-5-11)14(19)12-3-2-7-17-13(12)15/h2-5,7-9H,6,10H2,1H3. The summed E-state index contributed by atoms with van der Waals surface area (Å²) < 4.78 is 13.4. The first-order chi connectivity index (χ1) is 9.18. The number of likely N-dealkylation sites (N-methyl/N-ethyl adjacent to an activating group) is 1. The van der Waals surface area contributed by atoms with Crippen LogP contribution in [0.5, 0.6) is 0 Å². The lowest BCUT2D eigenvalue weighted by Gasteiger charge is -2.17. The van der Waals surface area contributed by atoms with E-state index in [0.717, 1.165) is 5.56 Å². The van der Waals surface area contributed by atoms with Crippen LogP contribution >= 0.6 is 0 Å². The number of pyridine rings is 2. The van der Waals surface area contributed by atoms with Gasteiger partial charge in [0.1, 0.15) is 0 Å². The molecule has 1 amide bonds. The highest BCUT2D eigenvalue weighted by Gasteiger charge is 2.16. The molecule has 0 bridgehead atoms. The van der Waals surface area contributed by atoms with Crippen molar-refractivity contribution in [2.24, 2.45) is 0 Å². The predicted octanol–water partition coefficient (Wildman–Crippen LogP) is 1.93.